The van der Waals surface area contributed by atoms with Crippen LogP contribution in [0.15, 0.2) is 0 Å². The molecule has 0 radical (unpaired) electrons. The molecule has 0 aromatic carbocycles. The molecule has 0 N–H and O–H groups in total. The Morgan fingerprint density at radius 2 is 2.00 bits per heavy atom. The maximum absolute atomic E-state index is 11.1. The summed E-state index contributed by atoms with van der Waals surface area (Å²) in [6.45, 7) is 9.33. The van der Waals surface area contributed by atoms with E-state index in [1.807, 2.05) is 32.3 Å². The largest absolute Gasteiger partial charge is 0.541 e. The number of hydrogen-bond donors (Lipinski definition) is 0. The van der Waals surface area contributed by atoms with Crippen molar-refractivity contribution in [3.05, 3.63) is 17.2 Å². The third-order valence-electron chi connectivity index (χ3n) is 2.81. The minimum Gasteiger partial charge on any atom is -0.541 e. The van der Waals surface area contributed by atoms with Crippen molar-refractivity contribution in [2.75, 3.05) is 0 Å². The van der Waals surface area contributed by atoms with Crippen LogP contribution in [0.3, 0.4) is 0 Å². The van der Waals surface area contributed by atoms with Crippen LogP contribution >= 0.6 is 0 Å². The van der Waals surface area contributed by atoms with Crippen molar-refractivity contribution in [3.63, 3.8) is 0 Å². The summed E-state index contributed by atoms with van der Waals surface area (Å²) in [6, 6.07) is 0. The van der Waals surface area contributed by atoms with E-state index >= 15 is 0 Å². The van der Waals surface area contributed by atoms with Crippen molar-refractivity contribution in [2.24, 2.45) is 0 Å². The summed E-state index contributed by atoms with van der Waals surface area (Å²) in [5, 5.41) is 11.1. The summed E-state index contributed by atoms with van der Waals surface area (Å²) in [7, 11) is 0. The van der Waals surface area contributed by atoms with Gasteiger partial charge in [-0.1, -0.05) is 6.92 Å². The quantitative estimate of drug-likeness (QED) is 0.659. The molecule has 4 nitrogen and oxygen atoms in total. The smallest absolute Gasteiger partial charge is 0.253 e. The van der Waals surface area contributed by atoms with Crippen LogP contribution in [-0.4, -0.2) is 10.5 Å². The molecule has 0 amide bonds. The van der Waals surface area contributed by atoms with Gasteiger partial charge < -0.3 is 9.90 Å². The molecule has 0 aliphatic carbocycles. The minimum atomic E-state index is -1.08. The van der Waals surface area contributed by atoms with Crippen molar-refractivity contribution in [1.29, 1.82) is 0 Å². The topological polar surface area (TPSA) is 48.9 Å². The number of carbonyl (C=O) groups excluding carboxylic acids is 1. The van der Waals surface area contributed by atoms with Crippen molar-refractivity contribution >= 4 is 5.97 Å². The SMILES string of the molecule is CCc1c(C(=O)[O-])[n+](CC)c(C)n1CC. The molecule has 0 unspecified atom stereocenters. The molecule has 1 rings (SSSR count). The van der Waals surface area contributed by atoms with Gasteiger partial charge in [-0.15, -0.1) is 0 Å². The van der Waals surface area contributed by atoms with E-state index < -0.39 is 5.97 Å². The second-order valence-electron chi connectivity index (χ2n) is 3.47. The lowest BCUT2D eigenvalue weighted by Crippen LogP contribution is -2.44. The highest BCUT2D eigenvalue weighted by Crippen LogP contribution is 2.10. The monoisotopic (exact) mass is 210 g/mol. The van der Waals surface area contributed by atoms with Gasteiger partial charge in [-0.3, -0.25) is 0 Å². The molecule has 0 saturated heterocycles. The lowest BCUT2D eigenvalue weighted by molar-refractivity contribution is -0.703. The Kier molecular flexibility index (Phi) is 3.50. The van der Waals surface area contributed by atoms with Crippen LogP contribution in [-0.2, 0) is 19.5 Å². The summed E-state index contributed by atoms with van der Waals surface area (Å²) in [4.78, 5) is 11.1. The molecular weight excluding hydrogens is 192 g/mol. The predicted octanol–water partition coefficient (Wildman–Crippen LogP) is 0.0497. The van der Waals surface area contributed by atoms with Crippen LogP contribution in [0.1, 0.15) is 42.8 Å². The zero-order valence-electron chi connectivity index (χ0n) is 9.83. The number of aromatic nitrogens is 2. The van der Waals surface area contributed by atoms with Gasteiger partial charge in [-0.05, 0) is 13.8 Å². The van der Waals surface area contributed by atoms with E-state index in [0.29, 0.717) is 18.7 Å². The highest BCUT2D eigenvalue weighted by atomic mass is 16.4. The first-order chi connectivity index (χ1) is 7.08. The summed E-state index contributed by atoms with van der Waals surface area (Å²) in [5.74, 6) is -0.0972. The second-order valence-corrected chi connectivity index (χ2v) is 3.47. The lowest BCUT2D eigenvalue weighted by atomic mass is 10.2. The zero-order valence-corrected chi connectivity index (χ0v) is 9.83. The lowest BCUT2D eigenvalue weighted by Gasteiger charge is -2.01. The van der Waals surface area contributed by atoms with E-state index in [1.54, 1.807) is 4.57 Å². The first-order valence-corrected chi connectivity index (χ1v) is 5.41. The molecule has 0 spiro atoms. The number of rotatable bonds is 4. The highest BCUT2D eigenvalue weighted by Gasteiger charge is 2.25. The molecule has 0 aliphatic rings. The average molecular weight is 210 g/mol. The molecule has 84 valence electrons. The molecule has 0 saturated carbocycles. The molecule has 15 heavy (non-hydrogen) atoms. The van der Waals surface area contributed by atoms with Gasteiger partial charge in [0.05, 0.1) is 13.1 Å². The molecule has 0 aliphatic heterocycles. The van der Waals surface area contributed by atoms with Crippen LogP contribution in [0.2, 0.25) is 0 Å². The maximum Gasteiger partial charge on any atom is 0.253 e. The van der Waals surface area contributed by atoms with E-state index in [1.165, 1.54) is 0 Å². The molecule has 0 atom stereocenters. The van der Waals surface area contributed by atoms with Gasteiger partial charge in [0.15, 0.2) is 11.4 Å². The van der Waals surface area contributed by atoms with Crippen LogP contribution in [0.5, 0.6) is 0 Å². The van der Waals surface area contributed by atoms with Crippen molar-refractivity contribution in [2.45, 2.75) is 47.2 Å². The van der Waals surface area contributed by atoms with Crippen molar-refractivity contribution in [3.8, 4) is 0 Å². The number of hydrogen-bond acceptors (Lipinski definition) is 2. The van der Waals surface area contributed by atoms with E-state index in [9.17, 15) is 9.90 Å². The zero-order chi connectivity index (χ0) is 11.6. The fourth-order valence-electron chi connectivity index (χ4n) is 2.18. The van der Waals surface area contributed by atoms with Crippen LogP contribution < -0.4 is 9.67 Å². The number of carbonyl (C=O) groups is 1. The van der Waals surface area contributed by atoms with Crippen LogP contribution in [0.25, 0.3) is 0 Å². The first kappa shape index (κ1) is 11.8. The van der Waals surface area contributed by atoms with E-state index in [4.69, 9.17) is 0 Å². The predicted molar refractivity (Wildman–Crippen MR) is 54.4 cm³/mol. The fourth-order valence-corrected chi connectivity index (χ4v) is 2.18. The molecule has 1 heterocycles. The molecule has 1 aromatic rings. The Balaban J connectivity index is 3.51. The molecule has 4 heteroatoms. The number of carboxylic acids is 1. The van der Waals surface area contributed by atoms with Gasteiger partial charge in [0.2, 0.25) is 0 Å². The number of carboxylic acid groups (broad SMARTS) is 1. The van der Waals surface area contributed by atoms with Gasteiger partial charge in [-0.25, -0.2) is 9.13 Å². The second kappa shape index (κ2) is 4.47. The Labute approximate surface area is 90.2 Å². The normalized spacial score (nSPS) is 10.7. The van der Waals surface area contributed by atoms with E-state index in [0.717, 1.165) is 18.1 Å². The van der Waals surface area contributed by atoms with Gasteiger partial charge in [0, 0.05) is 13.3 Å². The fraction of sp³-hybridized carbons (Fsp3) is 0.636. The summed E-state index contributed by atoms with van der Waals surface area (Å²) in [5.41, 5.74) is 1.19. The average Bonchev–Trinajstić information content (AvgIpc) is 2.49. The van der Waals surface area contributed by atoms with E-state index in [2.05, 4.69) is 0 Å². The summed E-state index contributed by atoms with van der Waals surface area (Å²) >= 11 is 0. The Bertz CT molecular complexity index is 380. The highest BCUT2D eigenvalue weighted by molar-refractivity contribution is 5.83. The number of aromatic carboxylic acids is 1. The Morgan fingerprint density at radius 3 is 2.33 bits per heavy atom. The van der Waals surface area contributed by atoms with Crippen LogP contribution in [0.4, 0.5) is 0 Å². The molecule has 0 bridgehead atoms. The summed E-state index contributed by atoms with van der Waals surface area (Å²) < 4.78 is 3.84. The first-order valence-electron chi connectivity index (χ1n) is 5.41. The Hall–Kier alpha value is -1.32. The van der Waals surface area contributed by atoms with Gasteiger partial charge >= 0.3 is 0 Å². The van der Waals surface area contributed by atoms with Crippen molar-refractivity contribution in [1.82, 2.24) is 4.57 Å². The standard InChI is InChI=1S/C11H18N2O2/c1-5-9-10(11(14)15)13(7-3)8(4)12(9)6-2/h5-7H2,1-4H3. The van der Waals surface area contributed by atoms with Gasteiger partial charge in [0.1, 0.15) is 5.97 Å². The van der Waals surface area contributed by atoms with Crippen molar-refractivity contribution < 1.29 is 14.5 Å². The molecular formula is C11H18N2O2. The van der Waals surface area contributed by atoms with Gasteiger partial charge in [0.25, 0.3) is 5.82 Å². The minimum absolute atomic E-state index is 0.333. The van der Waals surface area contributed by atoms with Gasteiger partial charge in [-0.2, -0.15) is 0 Å². The number of nitrogens with zero attached hydrogens (tertiary/aromatic N) is 2. The summed E-state index contributed by atoms with van der Waals surface area (Å²) in [6.07, 6.45) is 0.713. The number of imidazole rings is 1. The van der Waals surface area contributed by atoms with Crippen LogP contribution in [0, 0.1) is 6.92 Å². The third kappa shape index (κ3) is 1.76. The Morgan fingerprint density at radius 1 is 1.40 bits per heavy atom. The molecule has 1 aromatic heterocycles. The molecule has 0 fully saturated rings. The third-order valence-corrected chi connectivity index (χ3v) is 2.81. The van der Waals surface area contributed by atoms with E-state index in [-0.39, 0.29) is 0 Å². The maximum atomic E-state index is 11.1.